The summed E-state index contributed by atoms with van der Waals surface area (Å²) < 4.78 is 5.17. The minimum Gasteiger partial charge on any atom is -0.497 e. The number of hydrogen-bond donors (Lipinski definition) is 2. The number of nitrogens with zero attached hydrogens (tertiary/aromatic N) is 1. The summed E-state index contributed by atoms with van der Waals surface area (Å²) in [7, 11) is 1.61. The van der Waals surface area contributed by atoms with Gasteiger partial charge in [0.15, 0.2) is 0 Å². The van der Waals surface area contributed by atoms with Crippen LogP contribution in [0.4, 0.5) is 16.2 Å². The SMILES string of the molecule is COc1cccc(NC(=O)N[C@@H](C)c2ccc(N3CCCCC3)cc2)c1. The van der Waals surface area contributed by atoms with Crippen molar-refractivity contribution in [2.24, 2.45) is 0 Å². The van der Waals surface area contributed by atoms with Crippen LogP contribution in [0.3, 0.4) is 0 Å². The van der Waals surface area contributed by atoms with E-state index in [1.54, 1.807) is 13.2 Å². The number of anilines is 2. The normalized spacial score (nSPS) is 15.2. The molecule has 1 aliphatic rings. The van der Waals surface area contributed by atoms with Gasteiger partial charge in [-0.15, -0.1) is 0 Å². The first kappa shape index (κ1) is 18.1. The number of carbonyl (C=O) groups excluding carboxylic acids is 1. The monoisotopic (exact) mass is 353 g/mol. The molecule has 1 saturated heterocycles. The quantitative estimate of drug-likeness (QED) is 0.828. The highest BCUT2D eigenvalue weighted by Gasteiger charge is 2.13. The first-order valence-electron chi connectivity index (χ1n) is 9.22. The summed E-state index contributed by atoms with van der Waals surface area (Å²) >= 11 is 0. The lowest BCUT2D eigenvalue weighted by atomic mass is 10.1. The fraction of sp³-hybridized carbons (Fsp3) is 0.381. The zero-order valence-corrected chi connectivity index (χ0v) is 15.5. The summed E-state index contributed by atoms with van der Waals surface area (Å²) in [4.78, 5) is 14.7. The van der Waals surface area contributed by atoms with Crippen LogP contribution in [0.15, 0.2) is 48.5 Å². The molecular formula is C21H27N3O2. The van der Waals surface area contributed by atoms with Crippen molar-refractivity contribution in [1.82, 2.24) is 5.32 Å². The molecule has 0 saturated carbocycles. The maximum absolute atomic E-state index is 12.2. The highest BCUT2D eigenvalue weighted by molar-refractivity contribution is 5.89. The summed E-state index contributed by atoms with van der Waals surface area (Å²) in [5.41, 5.74) is 3.06. The van der Waals surface area contributed by atoms with Crippen molar-refractivity contribution >= 4 is 17.4 Å². The largest absolute Gasteiger partial charge is 0.497 e. The van der Waals surface area contributed by atoms with E-state index in [0.29, 0.717) is 11.4 Å². The van der Waals surface area contributed by atoms with Crippen molar-refractivity contribution < 1.29 is 9.53 Å². The molecule has 1 heterocycles. The molecule has 3 rings (SSSR count). The van der Waals surface area contributed by atoms with E-state index in [2.05, 4.69) is 39.8 Å². The number of carbonyl (C=O) groups is 1. The van der Waals surface area contributed by atoms with E-state index in [0.717, 1.165) is 18.7 Å². The summed E-state index contributed by atoms with van der Waals surface area (Å²) in [5.74, 6) is 0.712. The van der Waals surface area contributed by atoms with Gasteiger partial charge in [0.05, 0.1) is 13.2 Å². The van der Waals surface area contributed by atoms with Crippen molar-refractivity contribution in [3.05, 3.63) is 54.1 Å². The molecule has 2 amide bonds. The lowest BCUT2D eigenvalue weighted by Gasteiger charge is -2.29. The molecule has 0 aliphatic carbocycles. The van der Waals surface area contributed by atoms with E-state index in [9.17, 15) is 4.79 Å². The number of methoxy groups -OCH3 is 1. The molecule has 0 bridgehead atoms. The molecule has 0 radical (unpaired) electrons. The second kappa shape index (κ2) is 8.61. The van der Waals surface area contributed by atoms with Gasteiger partial charge in [-0.1, -0.05) is 18.2 Å². The Balaban J connectivity index is 1.56. The number of nitrogens with one attached hydrogen (secondary N) is 2. The lowest BCUT2D eigenvalue weighted by Crippen LogP contribution is -2.31. The Kier molecular flexibility index (Phi) is 6.00. The second-order valence-electron chi connectivity index (χ2n) is 6.69. The zero-order valence-electron chi connectivity index (χ0n) is 15.5. The minimum atomic E-state index is -0.231. The molecule has 0 unspecified atom stereocenters. The van der Waals surface area contributed by atoms with Crippen molar-refractivity contribution in [2.75, 3.05) is 30.4 Å². The maximum Gasteiger partial charge on any atom is 0.319 e. The molecule has 138 valence electrons. The molecule has 5 heteroatoms. The zero-order chi connectivity index (χ0) is 18.4. The van der Waals surface area contributed by atoms with Crippen molar-refractivity contribution in [2.45, 2.75) is 32.2 Å². The van der Waals surface area contributed by atoms with Crippen molar-refractivity contribution in [3.8, 4) is 5.75 Å². The fourth-order valence-corrected chi connectivity index (χ4v) is 3.27. The summed E-state index contributed by atoms with van der Waals surface area (Å²) in [6, 6.07) is 15.5. The molecule has 1 atom stereocenters. The van der Waals surface area contributed by atoms with Gasteiger partial charge < -0.3 is 20.3 Å². The van der Waals surface area contributed by atoms with Crippen LogP contribution in [0.25, 0.3) is 0 Å². The Morgan fingerprint density at radius 2 is 1.81 bits per heavy atom. The number of rotatable bonds is 5. The molecule has 1 aliphatic heterocycles. The van der Waals surface area contributed by atoms with E-state index in [1.165, 1.54) is 24.9 Å². The van der Waals surface area contributed by atoms with Gasteiger partial charge in [-0.25, -0.2) is 4.79 Å². The van der Waals surface area contributed by atoms with Crippen LogP contribution in [0, 0.1) is 0 Å². The van der Waals surface area contributed by atoms with E-state index >= 15 is 0 Å². The molecule has 2 aromatic rings. The average Bonchev–Trinajstić information content (AvgIpc) is 2.69. The summed E-state index contributed by atoms with van der Waals surface area (Å²) in [6.45, 7) is 4.26. The second-order valence-corrected chi connectivity index (χ2v) is 6.69. The average molecular weight is 353 g/mol. The number of ether oxygens (including phenoxy) is 1. The van der Waals surface area contributed by atoms with Gasteiger partial charge in [-0.3, -0.25) is 0 Å². The molecule has 2 aromatic carbocycles. The number of piperidine rings is 1. The number of amides is 2. The number of urea groups is 1. The standard InChI is InChI=1S/C21H27N3O2/c1-16(22-21(25)23-18-7-6-8-20(15-18)26-2)17-9-11-19(12-10-17)24-13-4-3-5-14-24/h6-12,15-16H,3-5,13-14H2,1-2H3,(H2,22,23,25)/t16-/m0/s1. The van der Waals surface area contributed by atoms with E-state index in [-0.39, 0.29) is 12.1 Å². The van der Waals surface area contributed by atoms with Gasteiger partial charge in [0.2, 0.25) is 0 Å². The van der Waals surface area contributed by atoms with Crippen molar-refractivity contribution in [1.29, 1.82) is 0 Å². The number of benzene rings is 2. The smallest absolute Gasteiger partial charge is 0.319 e. The third kappa shape index (κ3) is 4.69. The van der Waals surface area contributed by atoms with Crippen LogP contribution in [-0.4, -0.2) is 26.2 Å². The summed E-state index contributed by atoms with van der Waals surface area (Å²) in [5, 5.41) is 5.82. The third-order valence-electron chi connectivity index (χ3n) is 4.79. The maximum atomic E-state index is 12.2. The van der Waals surface area contributed by atoms with Crippen LogP contribution in [0.2, 0.25) is 0 Å². The summed E-state index contributed by atoms with van der Waals surface area (Å²) in [6.07, 6.45) is 3.87. The van der Waals surface area contributed by atoms with E-state index < -0.39 is 0 Å². The number of hydrogen-bond acceptors (Lipinski definition) is 3. The fourth-order valence-electron chi connectivity index (χ4n) is 3.27. The molecular weight excluding hydrogens is 326 g/mol. The van der Waals surface area contributed by atoms with E-state index in [1.807, 2.05) is 25.1 Å². The first-order chi connectivity index (χ1) is 12.7. The van der Waals surface area contributed by atoms with Gasteiger partial charge in [-0.05, 0) is 56.0 Å². The minimum absolute atomic E-state index is 0.0731. The van der Waals surface area contributed by atoms with Crippen LogP contribution in [-0.2, 0) is 0 Å². The Labute approximate surface area is 155 Å². The molecule has 26 heavy (non-hydrogen) atoms. The Hall–Kier alpha value is -2.69. The lowest BCUT2D eigenvalue weighted by molar-refractivity contribution is 0.249. The predicted octanol–water partition coefficient (Wildman–Crippen LogP) is 4.57. The van der Waals surface area contributed by atoms with Gasteiger partial charge >= 0.3 is 6.03 Å². The molecule has 0 aromatic heterocycles. The van der Waals surface area contributed by atoms with Gasteiger partial charge in [0.25, 0.3) is 0 Å². The van der Waals surface area contributed by atoms with Crippen molar-refractivity contribution in [3.63, 3.8) is 0 Å². The topological polar surface area (TPSA) is 53.6 Å². The van der Waals surface area contributed by atoms with Crippen LogP contribution in [0.1, 0.15) is 37.8 Å². The van der Waals surface area contributed by atoms with Crippen LogP contribution < -0.4 is 20.3 Å². The Morgan fingerprint density at radius 1 is 1.08 bits per heavy atom. The molecule has 2 N–H and O–H groups in total. The first-order valence-corrected chi connectivity index (χ1v) is 9.22. The predicted molar refractivity (Wildman–Crippen MR) is 106 cm³/mol. The van der Waals surface area contributed by atoms with Gasteiger partial charge in [0.1, 0.15) is 5.75 Å². The highest BCUT2D eigenvalue weighted by atomic mass is 16.5. The van der Waals surface area contributed by atoms with Gasteiger partial charge in [-0.2, -0.15) is 0 Å². The molecule has 0 spiro atoms. The molecule has 1 fully saturated rings. The Bertz CT molecular complexity index is 724. The van der Waals surface area contributed by atoms with Crippen LogP contribution >= 0.6 is 0 Å². The third-order valence-corrected chi connectivity index (χ3v) is 4.79. The highest BCUT2D eigenvalue weighted by Crippen LogP contribution is 2.22. The van der Waals surface area contributed by atoms with Gasteiger partial charge in [0, 0.05) is 30.5 Å². The Morgan fingerprint density at radius 3 is 2.50 bits per heavy atom. The van der Waals surface area contributed by atoms with Crippen LogP contribution in [0.5, 0.6) is 5.75 Å². The molecule has 5 nitrogen and oxygen atoms in total. The van der Waals surface area contributed by atoms with E-state index in [4.69, 9.17) is 4.74 Å².